The quantitative estimate of drug-likeness (QED) is 0.724. The van der Waals surface area contributed by atoms with Crippen molar-refractivity contribution in [2.75, 3.05) is 26.8 Å². The molecule has 2 heterocycles. The first-order valence-corrected chi connectivity index (χ1v) is 9.01. The Balaban J connectivity index is 2.38. The molecule has 1 atom stereocenters. The van der Waals surface area contributed by atoms with Crippen molar-refractivity contribution in [1.82, 2.24) is 9.88 Å². The molecule has 1 aromatic rings. The predicted molar refractivity (Wildman–Crippen MR) is 96.6 cm³/mol. The molecule has 0 bridgehead atoms. The highest BCUT2D eigenvalue weighted by molar-refractivity contribution is 6.02. The van der Waals surface area contributed by atoms with Crippen molar-refractivity contribution in [2.24, 2.45) is 5.41 Å². The third-order valence-electron chi connectivity index (χ3n) is 5.10. The molecule has 1 aliphatic rings. The predicted octanol–water partition coefficient (Wildman–Crippen LogP) is 2.43. The zero-order valence-electron chi connectivity index (χ0n) is 16.0. The number of piperidine rings is 1. The molecule has 7 nitrogen and oxygen atoms in total. The van der Waals surface area contributed by atoms with Crippen molar-refractivity contribution in [3.8, 4) is 0 Å². The topological polar surface area (TPSA) is 99.7 Å². The average Bonchev–Trinajstić information content (AvgIpc) is 2.91. The Morgan fingerprint density at radius 1 is 1.35 bits per heavy atom. The maximum Gasteiger partial charge on any atom is 0.313 e. The van der Waals surface area contributed by atoms with Gasteiger partial charge in [0.2, 0.25) is 0 Å². The number of aromatic amines is 1. The lowest BCUT2D eigenvalue weighted by molar-refractivity contribution is -0.155. The second-order valence-electron chi connectivity index (χ2n) is 7.13. The number of aliphatic carboxylic acids is 1. The van der Waals surface area contributed by atoms with Crippen LogP contribution in [-0.2, 0) is 16.0 Å². The summed E-state index contributed by atoms with van der Waals surface area (Å²) in [7, 11) is 1.47. The van der Waals surface area contributed by atoms with E-state index in [0.29, 0.717) is 42.8 Å². The number of hydrogen-bond donors (Lipinski definition) is 2. The zero-order chi connectivity index (χ0) is 19.5. The van der Waals surface area contributed by atoms with E-state index in [9.17, 15) is 19.5 Å². The Morgan fingerprint density at radius 2 is 2.04 bits per heavy atom. The standard InChI is InChI=1S/C19H28N2O5/c1-5-7-14-15(13(3)22)12(2)20-16(14)17(23)21-9-6-8-19(10-21,11-26-4)18(24)25/h20H,5-11H2,1-4H3,(H,24,25). The molecule has 1 fully saturated rings. The monoisotopic (exact) mass is 364 g/mol. The largest absolute Gasteiger partial charge is 0.481 e. The number of aromatic nitrogens is 1. The molecule has 1 aliphatic heterocycles. The van der Waals surface area contributed by atoms with Gasteiger partial charge in [0.25, 0.3) is 5.91 Å². The highest BCUT2D eigenvalue weighted by Gasteiger charge is 2.44. The number of ether oxygens (including phenoxy) is 1. The van der Waals surface area contributed by atoms with Crippen molar-refractivity contribution < 1.29 is 24.2 Å². The van der Waals surface area contributed by atoms with Gasteiger partial charge in [0, 0.05) is 31.5 Å². The first-order valence-electron chi connectivity index (χ1n) is 9.01. The van der Waals surface area contributed by atoms with Crippen LogP contribution in [0.25, 0.3) is 0 Å². The first-order chi connectivity index (χ1) is 12.3. The number of aryl methyl sites for hydroxylation is 1. The number of carbonyl (C=O) groups excluding carboxylic acids is 2. The zero-order valence-corrected chi connectivity index (χ0v) is 16.0. The number of carboxylic acid groups (broad SMARTS) is 1. The lowest BCUT2D eigenvalue weighted by Gasteiger charge is -2.39. The minimum atomic E-state index is -1.08. The van der Waals surface area contributed by atoms with Crippen molar-refractivity contribution in [3.05, 3.63) is 22.5 Å². The number of likely N-dealkylation sites (tertiary alicyclic amines) is 1. The Kier molecular flexibility index (Phi) is 6.23. The first kappa shape index (κ1) is 20.2. The van der Waals surface area contributed by atoms with Gasteiger partial charge in [-0.1, -0.05) is 13.3 Å². The SMILES string of the molecule is CCCc1c(C(=O)N2CCCC(COC)(C(=O)O)C2)[nH]c(C)c1C(C)=O. The van der Waals surface area contributed by atoms with E-state index >= 15 is 0 Å². The molecule has 1 aromatic heterocycles. The summed E-state index contributed by atoms with van der Waals surface area (Å²) in [4.78, 5) is 41.6. The van der Waals surface area contributed by atoms with E-state index in [1.807, 2.05) is 6.92 Å². The van der Waals surface area contributed by atoms with Crippen LogP contribution in [0.4, 0.5) is 0 Å². The third-order valence-corrected chi connectivity index (χ3v) is 5.10. The van der Waals surface area contributed by atoms with Crippen LogP contribution >= 0.6 is 0 Å². The maximum absolute atomic E-state index is 13.1. The van der Waals surface area contributed by atoms with E-state index in [1.165, 1.54) is 14.0 Å². The molecule has 0 aliphatic carbocycles. The number of carbonyl (C=O) groups is 3. The Hall–Kier alpha value is -2.15. The molecule has 1 amide bonds. The summed E-state index contributed by atoms with van der Waals surface area (Å²) in [6.07, 6.45) is 2.50. The molecule has 0 radical (unpaired) electrons. The van der Waals surface area contributed by atoms with Gasteiger partial charge in [-0.2, -0.15) is 0 Å². The number of amides is 1. The van der Waals surface area contributed by atoms with Gasteiger partial charge in [-0.3, -0.25) is 14.4 Å². The smallest absolute Gasteiger partial charge is 0.313 e. The number of methoxy groups -OCH3 is 1. The normalized spacial score (nSPS) is 20.2. The fourth-order valence-electron chi connectivity index (χ4n) is 3.93. The molecular formula is C19H28N2O5. The molecule has 26 heavy (non-hydrogen) atoms. The molecular weight excluding hydrogens is 336 g/mol. The van der Waals surface area contributed by atoms with Gasteiger partial charge in [-0.25, -0.2) is 0 Å². The summed E-state index contributed by atoms with van der Waals surface area (Å²) < 4.78 is 5.13. The molecule has 1 saturated heterocycles. The third kappa shape index (κ3) is 3.67. The van der Waals surface area contributed by atoms with E-state index in [1.54, 1.807) is 11.8 Å². The fraction of sp³-hybridized carbons (Fsp3) is 0.632. The maximum atomic E-state index is 13.1. The molecule has 144 valence electrons. The van der Waals surface area contributed by atoms with Crippen LogP contribution in [0.2, 0.25) is 0 Å². The Morgan fingerprint density at radius 3 is 2.58 bits per heavy atom. The fourth-order valence-corrected chi connectivity index (χ4v) is 3.93. The highest BCUT2D eigenvalue weighted by Crippen LogP contribution is 2.32. The Bertz CT molecular complexity index is 705. The summed E-state index contributed by atoms with van der Waals surface area (Å²) in [5.41, 5.74) is 1.32. The van der Waals surface area contributed by atoms with E-state index in [-0.39, 0.29) is 24.8 Å². The molecule has 0 aromatic carbocycles. The number of ketones is 1. The number of nitrogens with zero attached hydrogens (tertiary/aromatic N) is 1. The summed E-state index contributed by atoms with van der Waals surface area (Å²) in [6, 6.07) is 0. The van der Waals surface area contributed by atoms with Crippen LogP contribution < -0.4 is 0 Å². The lowest BCUT2D eigenvalue weighted by Crippen LogP contribution is -2.52. The van der Waals surface area contributed by atoms with Gasteiger partial charge >= 0.3 is 5.97 Å². The van der Waals surface area contributed by atoms with Crippen molar-refractivity contribution >= 4 is 17.7 Å². The summed E-state index contributed by atoms with van der Waals surface area (Å²) in [6.45, 7) is 5.95. The summed E-state index contributed by atoms with van der Waals surface area (Å²) >= 11 is 0. The second-order valence-corrected chi connectivity index (χ2v) is 7.13. The van der Waals surface area contributed by atoms with Crippen LogP contribution in [0.15, 0.2) is 0 Å². The summed E-state index contributed by atoms with van der Waals surface area (Å²) in [5.74, 6) is -1.26. The van der Waals surface area contributed by atoms with Crippen LogP contribution in [0.1, 0.15) is 65.2 Å². The van der Waals surface area contributed by atoms with Crippen LogP contribution in [0, 0.1) is 12.3 Å². The molecule has 0 spiro atoms. The van der Waals surface area contributed by atoms with Gasteiger partial charge in [0.15, 0.2) is 5.78 Å². The van der Waals surface area contributed by atoms with Crippen LogP contribution in [0.5, 0.6) is 0 Å². The number of hydrogen-bond acceptors (Lipinski definition) is 4. The number of carboxylic acids is 1. The highest BCUT2D eigenvalue weighted by atomic mass is 16.5. The van der Waals surface area contributed by atoms with Crippen LogP contribution in [0.3, 0.4) is 0 Å². The average molecular weight is 364 g/mol. The number of Topliss-reactive ketones (excluding diaryl/α,β-unsaturated/α-hetero) is 1. The molecule has 7 heteroatoms. The van der Waals surface area contributed by atoms with E-state index < -0.39 is 11.4 Å². The van der Waals surface area contributed by atoms with Crippen molar-refractivity contribution in [1.29, 1.82) is 0 Å². The second kappa shape index (κ2) is 8.03. The van der Waals surface area contributed by atoms with E-state index in [4.69, 9.17) is 4.74 Å². The lowest BCUT2D eigenvalue weighted by atomic mass is 9.80. The minimum absolute atomic E-state index is 0.0659. The van der Waals surface area contributed by atoms with Gasteiger partial charge < -0.3 is 19.7 Å². The van der Waals surface area contributed by atoms with Crippen molar-refractivity contribution in [3.63, 3.8) is 0 Å². The van der Waals surface area contributed by atoms with Crippen LogP contribution in [-0.4, -0.2) is 59.5 Å². The number of rotatable bonds is 7. The summed E-state index contributed by atoms with van der Waals surface area (Å²) in [5, 5.41) is 9.68. The van der Waals surface area contributed by atoms with E-state index in [0.717, 1.165) is 12.0 Å². The number of H-pyrrole nitrogens is 1. The molecule has 1 unspecified atom stereocenters. The van der Waals surface area contributed by atoms with Gasteiger partial charge in [-0.15, -0.1) is 0 Å². The van der Waals surface area contributed by atoms with Gasteiger partial charge in [0.1, 0.15) is 11.1 Å². The van der Waals surface area contributed by atoms with Gasteiger partial charge in [0.05, 0.1) is 6.61 Å². The molecule has 2 N–H and O–H groups in total. The number of nitrogens with one attached hydrogen (secondary N) is 1. The molecule has 2 rings (SSSR count). The Labute approximate surface area is 153 Å². The minimum Gasteiger partial charge on any atom is -0.481 e. The van der Waals surface area contributed by atoms with Gasteiger partial charge in [-0.05, 0) is 38.7 Å². The van der Waals surface area contributed by atoms with Crippen molar-refractivity contribution in [2.45, 2.75) is 46.5 Å². The van der Waals surface area contributed by atoms with E-state index in [2.05, 4.69) is 4.98 Å². The molecule has 0 saturated carbocycles.